The lowest BCUT2D eigenvalue weighted by molar-refractivity contribution is 0.598. The predicted molar refractivity (Wildman–Crippen MR) is 87.1 cm³/mol. The highest BCUT2D eigenvalue weighted by molar-refractivity contribution is 6.30. The molecule has 2 N–H and O–H groups in total. The molecule has 2 rings (SSSR count). The van der Waals surface area contributed by atoms with Gasteiger partial charge >= 0.3 is 0 Å². The Morgan fingerprint density at radius 3 is 2.25 bits per heavy atom. The van der Waals surface area contributed by atoms with Crippen molar-refractivity contribution in [3.05, 3.63) is 70.2 Å². The largest absolute Gasteiger partial charge is 0.318 e. The number of rotatable bonds is 4. The van der Waals surface area contributed by atoms with Gasteiger partial charge in [-0.05, 0) is 48.1 Å². The number of nitrogens with two attached hydrogens (primary N) is 1. The maximum absolute atomic E-state index is 6.57. The molecule has 0 aliphatic heterocycles. The van der Waals surface area contributed by atoms with E-state index in [0.29, 0.717) is 5.92 Å². The van der Waals surface area contributed by atoms with Crippen LogP contribution in [0.1, 0.15) is 37.5 Å². The van der Waals surface area contributed by atoms with Gasteiger partial charge in [0.05, 0.1) is 5.54 Å². The highest BCUT2D eigenvalue weighted by atomic mass is 35.5. The minimum atomic E-state index is -0.530. The molecule has 0 amide bonds. The van der Waals surface area contributed by atoms with Crippen LogP contribution in [0.2, 0.25) is 5.02 Å². The molecule has 2 aromatic rings. The van der Waals surface area contributed by atoms with E-state index in [0.717, 1.165) is 22.6 Å². The van der Waals surface area contributed by atoms with E-state index in [-0.39, 0.29) is 0 Å². The number of hydrogen-bond acceptors (Lipinski definition) is 1. The first-order chi connectivity index (χ1) is 9.39. The van der Waals surface area contributed by atoms with Gasteiger partial charge in [-0.15, -0.1) is 0 Å². The molecule has 0 bridgehead atoms. The molecule has 1 nitrogen and oxygen atoms in total. The van der Waals surface area contributed by atoms with Crippen LogP contribution in [0.3, 0.4) is 0 Å². The fraction of sp³-hybridized carbons (Fsp3) is 0.333. The van der Waals surface area contributed by atoms with Gasteiger partial charge in [0, 0.05) is 5.02 Å². The van der Waals surface area contributed by atoms with Crippen LogP contribution in [-0.2, 0) is 12.0 Å². The summed E-state index contributed by atoms with van der Waals surface area (Å²) in [5, 5.41) is 0.720. The van der Waals surface area contributed by atoms with Crippen molar-refractivity contribution >= 4 is 11.6 Å². The molecule has 0 aromatic heterocycles. The van der Waals surface area contributed by atoms with E-state index in [4.69, 9.17) is 17.3 Å². The van der Waals surface area contributed by atoms with E-state index in [1.54, 1.807) is 0 Å². The van der Waals surface area contributed by atoms with Crippen molar-refractivity contribution in [3.63, 3.8) is 0 Å². The minimum absolute atomic E-state index is 0.530. The predicted octanol–water partition coefficient (Wildman–Crippen LogP) is 4.76. The molecule has 0 heterocycles. The van der Waals surface area contributed by atoms with Gasteiger partial charge in [-0.1, -0.05) is 61.8 Å². The summed E-state index contributed by atoms with van der Waals surface area (Å²) in [7, 11) is 0. The lowest BCUT2D eigenvalue weighted by Gasteiger charge is -2.27. The van der Waals surface area contributed by atoms with Gasteiger partial charge < -0.3 is 5.73 Å². The molecule has 0 spiro atoms. The summed E-state index contributed by atoms with van der Waals surface area (Å²) in [6, 6.07) is 16.3. The molecule has 0 aliphatic carbocycles. The van der Waals surface area contributed by atoms with Gasteiger partial charge in [0.1, 0.15) is 0 Å². The number of halogens is 1. The SMILES string of the molecule is CC(C)Cc1cccc(C(C)(N)c2cccc(Cl)c2)c1. The highest BCUT2D eigenvalue weighted by Crippen LogP contribution is 2.29. The van der Waals surface area contributed by atoms with Crippen LogP contribution < -0.4 is 5.73 Å². The maximum atomic E-state index is 6.57. The Balaban J connectivity index is 2.38. The Morgan fingerprint density at radius 2 is 1.65 bits per heavy atom. The van der Waals surface area contributed by atoms with E-state index in [1.165, 1.54) is 5.56 Å². The highest BCUT2D eigenvalue weighted by Gasteiger charge is 2.24. The van der Waals surface area contributed by atoms with E-state index >= 15 is 0 Å². The quantitative estimate of drug-likeness (QED) is 0.862. The first-order valence-electron chi connectivity index (χ1n) is 7.04. The summed E-state index contributed by atoms with van der Waals surface area (Å²) in [4.78, 5) is 0. The first-order valence-corrected chi connectivity index (χ1v) is 7.41. The van der Waals surface area contributed by atoms with Crippen LogP contribution in [0.4, 0.5) is 0 Å². The molecule has 2 heteroatoms. The van der Waals surface area contributed by atoms with Gasteiger partial charge in [0.2, 0.25) is 0 Å². The second kappa shape index (κ2) is 5.99. The standard InChI is InChI=1S/C18H22ClN/c1-13(2)10-14-6-4-7-15(11-14)18(3,20)16-8-5-9-17(19)12-16/h4-9,11-13H,10,20H2,1-3H3. The summed E-state index contributed by atoms with van der Waals surface area (Å²) in [5.41, 5.74) is 9.53. The van der Waals surface area contributed by atoms with Gasteiger partial charge in [0.25, 0.3) is 0 Å². The first kappa shape index (κ1) is 15.1. The van der Waals surface area contributed by atoms with E-state index in [1.807, 2.05) is 31.2 Å². The lowest BCUT2D eigenvalue weighted by atomic mass is 9.84. The molecule has 0 fully saturated rings. The molecule has 0 saturated heterocycles. The van der Waals surface area contributed by atoms with E-state index in [9.17, 15) is 0 Å². The Labute approximate surface area is 126 Å². The smallest absolute Gasteiger partial charge is 0.0637 e. The summed E-state index contributed by atoms with van der Waals surface area (Å²) in [6.45, 7) is 6.49. The second-order valence-electron chi connectivity index (χ2n) is 6.01. The van der Waals surface area contributed by atoms with Crippen molar-refractivity contribution in [1.29, 1.82) is 0 Å². The minimum Gasteiger partial charge on any atom is -0.318 e. The van der Waals surface area contributed by atoms with Crippen molar-refractivity contribution in [2.24, 2.45) is 11.7 Å². The second-order valence-corrected chi connectivity index (χ2v) is 6.45. The fourth-order valence-corrected chi connectivity index (χ4v) is 2.66. The van der Waals surface area contributed by atoms with E-state index in [2.05, 4.69) is 38.1 Å². The zero-order valence-electron chi connectivity index (χ0n) is 12.4. The topological polar surface area (TPSA) is 26.0 Å². The zero-order chi connectivity index (χ0) is 14.8. The van der Waals surface area contributed by atoms with Gasteiger partial charge in [0.15, 0.2) is 0 Å². The van der Waals surface area contributed by atoms with Crippen LogP contribution >= 0.6 is 11.6 Å². The Kier molecular flexibility index (Phi) is 4.52. The molecule has 2 aromatic carbocycles. The summed E-state index contributed by atoms with van der Waals surface area (Å²) >= 11 is 6.08. The Morgan fingerprint density at radius 1 is 1.05 bits per heavy atom. The molecule has 1 atom stereocenters. The van der Waals surface area contributed by atoms with Crippen molar-refractivity contribution < 1.29 is 0 Å². The van der Waals surface area contributed by atoms with E-state index < -0.39 is 5.54 Å². The molecule has 20 heavy (non-hydrogen) atoms. The molecule has 0 saturated carbocycles. The van der Waals surface area contributed by atoms with Crippen LogP contribution in [0.25, 0.3) is 0 Å². The third-order valence-corrected chi connectivity index (χ3v) is 3.83. The van der Waals surface area contributed by atoms with Crippen LogP contribution in [0, 0.1) is 5.92 Å². The third-order valence-electron chi connectivity index (χ3n) is 3.59. The Hall–Kier alpha value is -1.31. The normalized spacial score (nSPS) is 14.3. The Bertz CT molecular complexity index is 587. The number of benzene rings is 2. The van der Waals surface area contributed by atoms with Crippen molar-refractivity contribution in [1.82, 2.24) is 0 Å². The number of hydrogen-bond donors (Lipinski definition) is 1. The monoisotopic (exact) mass is 287 g/mol. The van der Waals surface area contributed by atoms with Crippen LogP contribution in [-0.4, -0.2) is 0 Å². The summed E-state index contributed by atoms with van der Waals surface area (Å²) in [6.07, 6.45) is 1.07. The molecular weight excluding hydrogens is 266 g/mol. The zero-order valence-corrected chi connectivity index (χ0v) is 13.1. The summed E-state index contributed by atoms with van der Waals surface area (Å²) < 4.78 is 0. The van der Waals surface area contributed by atoms with Crippen LogP contribution in [0.15, 0.2) is 48.5 Å². The van der Waals surface area contributed by atoms with Gasteiger partial charge in [-0.3, -0.25) is 0 Å². The average Bonchev–Trinajstić information content (AvgIpc) is 2.38. The molecule has 106 valence electrons. The lowest BCUT2D eigenvalue weighted by Crippen LogP contribution is -2.34. The maximum Gasteiger partial charge on any atom is 0.0637 e. The molecule has 1 unspecified atom stereocenters. The third kappa shape index (κ3) is 3.41. The van der Waals surface area contributed by atoms with Crippen molar-refractivity contribution in [2.45, 2.75) is 32.7 Å². The average molecular weight is 288 g/mol. The summed E-state index contributed by atoms with van der Waals surface area (Å²) in [5.74, 6) is 0.639. The molecular formula is C18H22ClN. The van der Waals surface area contributed by atoms with Gasteiger partial charge in [-0.25, -0.2) is 0 Å². The molecule has 0 radical (unpaired) electrons. The fourth-order valence-electron chi connectivity index (χ4n) is 2.47. The van der Waals surface area contributed by atoms with Crippen molar-refractivity contribution in [2.75, 3.05) is 0 Å². The van der Waals surface area contributed by atoms with Crippen LogP contribution in [0.5, 0.6) is 0 Å². The van der Waals surface area contributed by atoms with Gasteiger partial charge in [-0.2, -0.15) is 0 Å². The van der Waals surface area contributed by atoms with Crippen molar-refractivity contribution in [3.8, 4) is 0 Å². The molecule has 0 aliphatic rings.